The van der Waals surface area contributed by atoms with E-state index in [1.807, 2.05) is 0 Å². The zero-order chi connectivity index (χ0) is 10.5. The van der Waals surface area contributed by atoms with Gasteiger partial charge in [-0.3, -0.25) is 0 Å². The molecule has 0 N–H and O–H groups in total. The summed E-state index contributed by atoms with van der Waals surface area (Å²) in [6.45, 7) is 0.779. The fourth-order valence-corrected chi connectivity index (χ4v) is 1.56. The maximum absolute atomic E-state index is 8.63. The molecular weight excluding hydrogens is 190 g/mol. The maximum atomic E-state index is 8.63. The highest BCUT2D eigenvalue weighted by Gasteiger charge is 2.14. The molecular formula is C12H13NO2. The molecule has 1 fully saturated rings. The van der Waals surface area contributed by atoms with Crippen LogP contribution in [-0.2, 0) is 4.74 Å². The molecule has 1 heterocycles. The van der Waals surface area contributed by atoms with Crippen molar-refractivity contribution in [3.8, 4) is 11.8 Å². The minimum atomic E-state index is -0.119. The lowest BCUT2D eigenvalue weighted by Gasteiger charge is -2.23. The van der Waals surface area contributed by atoms with Crippen LogP contribution in [0.3, 0.4) is 0 Å². The molecule has 3 nitrogen and oxygen atoms in total. The average molecular weight is 203 g/mol. The highest BCUT2D eigenvalue weighted by molar-refractivity contribution is 5.34. The van der Waals surface area contributed by atoms with E-state index in [9.17, 15) is 0 Å². The summed E-state index contributed by atoms with van der Waals surface area (Å²) in [7, 11) is 0. The molecule has 1 aromatic carbocycles. The summed E-state index contributed by atoms with van der Waals surface area (Å²) >= 11 is 0. The molecule has 15 heavy (non-hydrogen) atoms. The molecule has 0 saturated carbocycles. The SMILES string of the molecule is N#Cc1ccc(OC2CCCCO2)cc1. The zero-order valence-corrected chi connectivity index (χ0v) is 8.48. The molecule has 0 bridgehead atoms. The van der Waals surface area contributed by atoms with Gasteiger partial charge in [-0.15, -0.1) is 0 Å². The molecule has 0 spiro atoms. The van der Waals surface area contributed by atoms with Crippen LogP contribution in [-0.4, -0.2) is 12.9 Å². The number of nitriles is 1. The van der Waals surface area contributed by atoms with Gasteiger partial charge < -0.3 is 9.47 Å². The van der Waals surface area contributed by atoms with Gasteiger partial charge in [-0.2, -0.15) is 5.26 Å². The van der Waals surface area contributed by atoms with Crippen LogP contribution in [0.25, 0.3) is 0 Å². The van der Waals surface area contributed by atoms with Crippen molar-refractivity contribution in [2.75, 3.05) is 6.61 Å². The number of rotatable bonds is 2. The van der Waals surface area contributed by atoms with Crippen molar-refractivity contribution in [2.24, 2.45) is 0 Å². The normalized spacial score (nSPS) is 20.6. The fraction of sp³-hybridized carbons (Fsp3) is 0.417. The highest BCUT2D eigenvalue weighted by atomic mass is 16.7. The van der Waals surface area contributed by atoms with Gasteiger partial charge in [-0.1, -0.05) is 0 Å². The predicted molar refractivity (Wildman–Crippen MR) is 55.4 cm³/mol. The van der Waals surface area contributed by atoms with Crippen LogP contribution in [0.4, 0.5) is 0 Å². The summed E-state index contributed by atoms with van der Waals surface area (Å²) in [5.41, 5.74) is 0.645. The number of hydrogen-bond donors (Lipinski definition) is 0. The minimum absolute atomic E-state index is 0.119. The van der Waals surface area contributed by atoms with Gasteiger partial charge in [0.15, 0.2) is 6.29 Å². The summed E-state index contributed by atoms with van der Waals surface area (Å²) in [6.07, 6.45) is 3.10. The summed E-state index contributed by atoms with van der Waals surface area (Å²) in [4.78, 5) is 0. The third-order valence-electron chi connectivity index (χ3n) is 2.39. The van der Waals surface area contributed by atoms with E-state index >= 15 is 0 Å². The molecule has 1 aliphatic rings. The summed E-state index contributed by atoms with van der Waals surface area (Å²) in [5.74, 6) is 0.765. The maximum Gasteiger partial charge on any atom is 0.199 e. The lowest BCUT2D eigenvalue weighted by molar-refractivity contribution is -0.105. The van der Waals surface area contributed by atoms with Crippen LogP contribution < -0.4 is 4.74 Å². The minimum Gasteiger partial charge on any atom is -0.465 e. The molecule has 1 aromatic rings. The molecule has 0 aliphatic carbocycles. The van der Waals surface area contributed by atoms with Crippen LogP contribution in [0.5, 0.6) is 5.75 Å². The number of benzene rings is 1. The van der Waals surface area contributed by atoms with Crippen molar-refractivity contribution in [3.05, 3.63) is 29.8 Å². The van der Waals surface area contributed by atoms with Crippen molar-refractivity contribution < 1.29 is 9.47 Å². The molecule has 3 heteroatoms. The molecule has 2 rings (SSSR count). The lowest BCUT2D eigenvalue weighted by Crippen LogP contribution is -2.24. The standard InChI is InChI=1S/C12H13NO2/c13-9-10-4-6-11(7-5-10)15-12-3-1-2-8-14-12/h4-7,12H,1-3,8H2. The Kier molecular flexibility index (Phi) is 3.21. The lowest BCUT2D eigenvalue weighted by atomic mass is 10.2. The fourth-order valence-electron chi connectivity index (χ4n) is 1.56. The monoisotopic (exact) mass is 203 g/mol. The predicted octanol–water partition coefficient (Wildman–Crippen LogP) is 2.46. The Morgan fingerprint density at radius 1 is 1.27 bits per heavy atom. The van der Waals surface area contributed by atoms with E-state index in [0.29, 0.717) is 5.56 Å². The van der Waals surface area contributed by atoms with Crippen molar-refractivity contribution in [2.45, 2.75) is 25.6 Å². The van der Waals surface area contributed by atoms with E-state index in [1.165, 1.54) is 0 Å². The van der Waals surface area contributed by atoms with Gasteiger partial charge in [0.25, 0.3) is 0 Å². The van der Waals surface area contributed by atoms with Crippen LogP contribution in [0.1, 0.15) is 24.8 Å². The number of nitrogens with zero attached hydrogens (tertiary/aromatic N) is 1. The topological polar surface area (TPSA) is 42.2 Å². The Labute approximate surface area is 89.2 Å². The Bertz CT molecular complexity index is 347. The van der Waals surface area contributed by atoms with Gasteiger partial charge in [0, 0.05) is 6.42 Å². The van der Waals surface area contributed by atoms with Gasteiger partial charge in [-0.05, 0) is 37.1 Å². The molecule has 0 amide bonds. The number of ether oxygens (including phenoxy) is 2. The molecule has 78 valence electrons. The molecule has 1 atom stereocenters. The van der Waals surface area contributed by atoms with E-state index in [4.69, 9.17) is 14.7 Å². The van der Waals surface area contributed by atoms with Crippen LogP contribution >= 0.6 is 0 Å². The smallest absolute Gasteiger partial charge is 0.199 e. The van der Waals surface area contributed by atoms with Gasteiger partial charge in [-0.25, -0.2) is 0 Å². The Morgan fingerprint density at radius 3 is 2.67 bits per heavy atom. The van der Waals surface area contributed by atoms with E-state index in [1.54, 1.807) is 24.3 Å². The van der Waals surface area contributed by atoms with Gasteiger partial charge in [0.05, 0.1) is 18.2 Å². The van der Waals surface area contributed by atoms with E-state index in [2.05, 4.69) is 6.07 Å². The molecule has 1 unspecified atom stereocenters. The van der Waals surface area contributed by atoms with Crippen LogP contribution in [0, 0.1) is 11.3 Å². The second-order valence-corrected chi connectivity index (χ2v) is 3.55. The van der Waals surface area contributed by atoms with Crippen molar-refractivity contribution in [3.63, 3.8) is 0 Å². The van der Waals surface area contributed by atoms with Crippen LogP contribution in [0.2, 0.25) is 0 Å². The molecule has 0 aromatic heterocycles. The molecule has 1 aliphatic heterocycles. The Hall–Kier alpha value is -1.53. The Morgan fingerprint density at radius 2 is 2.07 bits per heavy atom. The first-order valence-electron chi connectivity index (χ1n) is 5.17. The summed E-state index contributed by atoms with van der Waals surface area (Å²) in [6, 6.07) is 9.17. The van der Waals surface area contributed by atoms with E-state index in [-0.39, 0.29) is 6.29 Å². The Balaban J connectivity index is 1.95. The molecule has 0 radical (unpaired) electrons. The van der Waals surface area contributed by atoms with Crippen molar-refractivity contribution in [1.29, 1.82) is 5.26 Å². The summed E-state index contributed by atoms with van der Waals surface area (Å²) in [5, 5.41) is 8.63. The zero-order valence-electron chi connectivity index (χ0n) is 8.48. The largest absolute Gasteiger partial charge is 0.465 e. The van der Waals surface area contributed by atoms with E-state index < -0.39 is 0 Å². The van der Waals surface area contributed by atoms with Gasteiger partial charge >= 0.3 is 0 Å². The third-order valence-corrected chi connectivity index (χ3v) is 2.39. The summed E-state index contributed by atoms with van der Waals surface area (Å²) < 4.78 is 11.1. The first-order chi connectivity index (χ1) is 7.38. The number of hydrogen-bond acceptors (Lipinski definition) is 3. The first-order valence-corrected chi connectivity index (χ1v) is 5.17. The second kappa shape index (κ2) is 4.81. The quantitative estimate of drug-likeness (QED) is 0.741. The third kappa shape index (κ3) is 2.71. The van der Waals surface area contributed by atoms with Gasteiger partial charge in [0.1, 0.15) is 5.75 Å². The first kappa shape index (κ1) is 10.0. The van der Waals surface area contributed by atoms with Gasteiger partial charge in [0.2, 0.25) is 0 Å². The molecule has 1 saturated heterocycles. The van der Waals surface area contributed by atoms with E-state index in [0.717, 1.165) is 31.6 Å². The van der Waals surface area contributed by atoms with Crippen LogP contribution in [0.15, 0.2) is 24.3 Å². The average Bonchev–Trinajstić information content (AvgIpc) is 2.31. The van der Waals surface area contributed by atoms with Crippen molar-refractivity contribution >= 4 is 0 Å². The van der Waals surface area contributed by atoms with Crippen molar-refractivity contribution in [1.82, 2.24) is 0 Å². The second-order valence-electron chi connectivity index (χ2n) is 3.55. The highest BCUT2D eigenvalue weighted by Crippen LogP contribution is 2.19.